The van der Waals surface area contributed by atoms with Crippen LogP contribution in [0.5, 0.6) is 0 Å². The van der Waals surface area contributed by atoms with Crippen molar-refractivity contribution >= 4 is 11.6 Å². The number of non-ortho nitro benzene ring substituents is 1. The predicted octanol–water partition coefficient (Wildman–Crippen LogP) is 4.54. The second-order valence-electron chi connectivity index (χ2n) is 7.51. The Bertz CT molecular complexity index is 1020. The first-order chi connectivity index (χ1) is 14.9. The maximum atomic E-state index is 13.0. The molecule has 7 nitrogen and oxygen atoms in total. The van der Waals surface area contributed by atoms with Gasteiger partial charge in [-0.15, -0.1) is 0 Å². The van der Waals surface area contributed by atoms with Crippen molar-refractivity contribution in [3.8, 4) is 11.3 Å². The van der Waals surface area contributed by atoms with Gasteiger partial charge in [0.1, 0.15) is 5.82 Å². The van der Waals surface area contributed by atoms with Crippen molar-refractivity contribution < 1.29 is 14.1 Å². The fraction of sp³-hybridized carbons (Fsp3) is 0.304. The van der Waals surface area contributed by atoms with Crippen molar-refractivity contribution in [3.63, 3.8) is 0 Å². The van der Waals surface area contributed by atoms with Gasteiger partial charge in [-0.25, -0.2) is 4.39 Å². The molecule has 31 heavy (non-hydrogen) atoms. The second kappa shape index (κ2) is 10.5. The number of nitro groups is 1. The van der Waals surface area contributed by atoms with Gasteiger partial charge >= 0.3 is 0 Å². The number of aromatic amines is 1. The van der Waals surface area contributed by atoms with Crippen LogP contribution in [0.2, 0.25) is 0 Å². The van der Waals surface area contributed by atoms with Crippen LogP contribution in [0, 0.1) is 15.9 Å². The van der Waals surface area contributed by atoms with Gasteiger partial charge in [-0.2, -0.15) is 5.10 Å². The third kappa shape index (κ3) is 6.47. The van der Waals surface area contributed by atoms with Crippen LogP contribution in [-0.2, 0) is 17.6 Å². The first-order valence-electron chi connectivity index (χ1n) is 10.2. The van der Waals surface area contributed by atoms with Crippen LogP contribution in [-0.4, -0.2) is 39.5 Å². The van der Waals surface area contributed by atoms with Crippen molar-refractivity contribution in [2.75, 3.05) is 13.6 Å². The molecule has 2 aromatic carbocycles. The summed E-state index contributed by atoms with van der Waals surface area (Å²) in [5.74, 6) is -0.276. The number of aryl methyl sites for hydroxylation is 1. The maximum absolute atomic E-state index is 13.0. The smallest absolute Gasteiger partial charge is 0.269 e. The summed E-state index contributed by atoms with van der Waals surface area (Å²) in [6.07, 6.45) is 3.92. The van der Waals surface area contributed by atoms with E-state index in [4.69, 9.17) is 0 Å². The summed E-state index contributed by atoms with van der Waals surface area (Å²) in [5, 5.41) is 18.0. The Labute approximate surface area is 180 Å². The fourth-order valence-electron chi connectivity index (χ4n) is 3.27. The van der Waals surface area contributed by atoms with Gasteiger partial charge in [-0.05, 0) is 55.2 Å². The van der Waals surface area contributed by atoms with Gasteiger partial charge in [-0.1, -0.05) is 18.6 Å². The van der Waals surface area contributed by atoms with Gasteiger partial charge in [0.15, 0.2) is 0 Å². The summed E-state index contributed by atoms with van der Waals surface area (Å²) < 4.78 is 13.0. The summed E-state index contributed by atoms with van der Waals surface area (Å²) in [5.41, 5.74) is 3.48. The molecule has 1 amide bonds. The minimum Gasteiger partial charge on any atom is -0.345 e. The zero-order chi connectivity index (χ0) is 22.2. The van der Waals surface area contributed by atoms with E-state index in [0.717, 1.165) is 48.2 Å². The first-order valence-corrected chi connectivity index (χ1v) is 10.2. The van der Waals surface area contributed by atoms with Crippen molar-refractivity contribution in [3.05, 3.63) is 81.8 Å². The Morgan fingerprint density at radius 2 is 1.81 bits per heavy atom. The lowest BCUT2D eigenvalue weighted by Gasteiger charge is -2.17. The molecular weight excluding hydrogens is 399 g/mol. The van der Waals surface area contributed by atoms with Crippen molar-refractivity contribution in [1.29, 1.82) is 0 Å². The first kappa shape index (κ1) is 22.1. The molecule has 0 aliphatic carbocycles. The lowest BCUT2D eigenvalue weighted by atomic mass is 10.1. The number of hydrogen-bond acceptors (Lipinski definition) is 4. The normalized spacial score (nSPS) is 10.8. The standard InChI is InChI=1S/C23H25FN4O3/c1-27(23(29)15-17-6-12-21(13-7-17)28(30)31)14-4-2-3-5-20-16-22(26-25-20)18-8-10-19(24)11-9-18/h6-13,16H,2-5,14-15H2,1H3,(H,25,26). The molecular formula is C23H25FN4O3. The van der Waals surface area contributed by atoms with Crippen LogP contribution < -0.4 is 0 Å². The Kier molecular flexibility index (Phi) is 7.48. The van der Waals surface area contributed by atoms with Crippen LogP contribution in [0.1, 0.15) is 30.5 Å². The highest BCUT2D eigenvalue weighted by Gasteiger charge is 2.11. The van der Waals surface area contributed by atoms with Crippen LogP contribution in [0.4, 0.5) is 10.1 Å². The molecule has 0 aliphatic heterocycles. The Morgan fingerprint density at radius 3 is 2.48 bits per heavy atom. The molecule has 0 bridgehead atoms. The Balaban J connectivity index is 1.36. The lowest BCUT2D eigenvalue weighted by Crippen LogP contribution is -2.29. The van der Waals surface area contributed by atoms with Gasteiger partial charge in [0.2, 0.25) is 5.91 Å². The van der Waals surface area contributed by atoms with Crippen LogP contribution in [0.3, 0.4) is 0 Å². The molecule has 1 heterocycles. The van der Waals surface area contributed by atoms with Crippen LogP contribution >= 0.6 is 0 Å². The number of benzene rings is 2. The van der Waals surface area contributed by atoms with E-state index < -0.39 is 4.92 Å². The number of nitrogens with zero attached hydrogens (tertiary/aromatic N) is 3. The Morgan fingerprint density at radius 1 is 1.10 bits per heavy atom. The highest BCUT2D eigenvalue weighted by atomic mass is 19.1. The summed E-state index contributed by atoms with van der Waals surface area (Å²) in [4.78, 5) is 24.3. The zero-order valence-electron chi connectivity index (χ0n) is 17.4. The van der Waals surface area contributed by atoms with E-state index in [1.54, 1.807) is 36.2 Å². The summed E-state index contributed by atoms with van der Waals surface area (Å²) in [7, 11) is 1.78. The number of likely N-dealkylation sites (N-methyl/N-ethyl adjacent to an activating group) is 1. The van der Waals surface area contributed by atoms with Gasteiger partial charge in [0.05, 0.1) is 17.0 Å². The number of amides is 1. The summed E-state index contributed by atoms with van der Waals surface area (Å²) >= 11 is 0. The van der Waals surface area contributed by atoms with Crippen molar-refractivity contribution in [2.45, 2.75) is 32.1 Å². The summed E-state index contributed by atoms with van der Waals surface area (Å²) in [6, 6.07) is 14.3. The van der Waals surface area contributed by atoms with E-state index in [2.05, 4.69) is 10.2 Å². The van der Waals surface area contributed by atoms with E-state index in [0.29, 0.717) is 6.54 Å². The van der Waals surface area contributed by atoms with E-state index >= 15 is 0 Å². The van der Waals surface area contributed by atoms with Crippen LogP contribution in [0.15, 0.2) is 54.6 Å². The number of hydrogen-bond donors (Lipinski definition) is 1. The van der Waals surface area contributed by atoms with Gasteiger partial charge in [0, 0.05) is 37.0 Å². The molecule has 0 radical (unpaired) electrons. The minimum atomic E-state index is -0.454. The molecule has 8 heteroatoms. The molecule has 1 N–H and O–H groups in total. The predicted molar refractivity (Wildman–Crippen MR) is 116 cm³/mol. The highest BCUT2D eigenvalue weighted by molar-refractivity contribution is 5.78. The molecule has 162 valence electrons. The van der Waals surface area contributed by atoms with E-state index in [1.165, 1.54) is 24.3 Å². The number of H-pyrrole nitrogens is 1. The van der Waals surface area contributed by atoms with Crippen molar-refractivity contribution in [2.24, 2.45) is 0 Å². The number of nitrogens with one attached hydrogen (secondary N) is 1. The number of unbranched alkanes of at least 4 members (excludes halogenated alkanes) is 2. The molecule has 0 fully saturated rings. The molecule has 3 rings (SSSR count). The Hall–Kier alpha value is -3.55. The molecule has 0 saturated heterocycles. The molecule has 0 aliphatic rings. The summed E-state index contributed by atoms with van der Waals surface area (Å²) in [6.45, 7) is 0.662. The fourth-order valence-corrected chi connectivity index (χ4v) is 3.27. The zero-order valence-corrected chi connectivity index (χ0v) is 17.4. The lowest BCUT2D eigenvalue weighted by molar-refractivity contribution is -0.384. The number of carbonyl (C=O) groups excluding carboxylic acids is 1. The monoisotopic (exact) mass is 424 g/mol. The van der Waals surface area contributed by atoms with Crippen LogP contribution in [0.25, 0.3) is 11.3 Å². The average Bonchev–Trinajstić information content (AvgIpc) is 3.23. The number of halogens is 1. The van der Waals surface area contributed by atoms with Crippen molar-refractivity contribution in [1.82, 2.24) is 15.1 Å². The third-order valence-electron chi connectivity index (χ3n) is 5.14. The molecule has 1 aromatic heterocycles. The SMILES string of the molecule is CN(CCCCCc1cc(-c2ccc(F)cc2)n[nH]1)C(=O)Cc1ccc([N+](=O)[O-])cc1. The largest absolute Gasteiger partial charge is 0.345 e. The average molecular weight is 424 g/mol. The maximum Gasteiger partial charge on any atom is 0.269 e. The van der Waals surface area contributed by atoms with E-state index in [9.17, 15) is 19.3 Å². The third-order valence-corrected chi connectivity index (χ3v) is 5.14. The molecule has 0 unspecified atom stereocenters. The van der Waals surface area contributed by atoms with Gasteiger partial charge < -0.3 is 4.90 Å². The minimum absolute atomic E-state index is 0.00800. The molecule has 0 spiro atoms. The highest BCUT2D eigenvalue weighted by Crippen LogP contribution is 2.19. The van der Waals surface area contributed by atoms with Gasteiger partial charge in [0.25, 0.3) is 5.69 Å². The molecule has 3 aromatic rings. The van der Waals surface area contributed by atoms with Gasteiger partial charge in [-0.3, -0.25) is 20.0 Å². The van der Waals surface area contributed by atoms with E-state index in [-0.39, 0.29) is 23.8 Å². The molecule has 0 atom stereocenters. The quantitative estimate of drug-likeness (QED) is 0.294. The number of carbonyl (C=O) groups is 1. The van der Waals surface area contributed by atoms with E-state index in [1.807, 2.05) is 6.07 Å². The number of nitro benzene ring substituents is 1. The molecule has 0 saturated carbocycles. The number of rotatable bonds is 10. The second-order valence-corrected chi connectivity index (χ2v) is 7.51. The number of aromatic nitrogens is 2. The topological polar surface area (TPSA) is 92.1 Å².